The van der Waals surface area contributed by atoms with E-state index in [1.807, 2.05) is 35.2 Å². The third kappa shape index (κ3) is 3.60. The number of pyridine rings is 2. The van der Waals surface area contributed by atoms with Crippen LogP contribution in [0.1, 0.15) is 46.6 Å². The number of hydrogen-bond donors (Lipinski definition) is 1. The van der Waals surface area contributed by atoms with Gasteiger partial charge in [0.1, 0.15) is 0 Å². The molecular formula is C21H23N5O2. The van der Waals surface area contributed by atoms with Crippen LogP contribution in [-0.2, 0) is 6.54 Å². The summed E-state index contributed by atoms with van der Waals surface area (Å²) in [5.41, 5.74) is 1.64. The number of piperidine rings is 1. The maximum absolute atomic E-state index is 13.1. The number of amides is 2. The van der Waals surface area contributed by atoms with Crippen molar-refractivity contribution in [2.24, 2.45) is 5.92 Å². The predicted octanol–water partition coefficient (Wildman–Crippen LogP) is 2.53. The van der Waals surface area contributed by atoms with E-state index in [-0.39, 0.29) is 23.3 Å². The normalized spacial score (nSPS) is 16.9. The first-order valence-electron chi connectivity index (χ1n) is 9.58. The monoisotopic (exact) mass is 377 g/mol. The van der Waals surface area contributed by atoms with Gasteiger partial charge >= 0.3 is 0 Å². The molecular weight excluding hydrogens is 354 g/mol. The van der Waals surface area contributed by atoms with E-state index in [0.717, 1.165) is 31.6 Å². The third-order valence-electron chi connectivity index (χ3n) is 5.06. The van der Waals surface area contributed by atoms with Gasteiger partial charge < -0.3 is 10.2 Å². The van der Waals surface area contributed by atoms with Gasteiger partial charge in [0, 0.05) is 25.5 Å². The molecule has 1 fully saturated rings. The highest BCUT2D eigenvalue weighted by molar-refractivity contribution is 6.02. The van der Waals surface area contributed by atoms with Crippen LogP contribution in [0, 0.1) is 5.92 Å². The Morgan fingerprint density at radius 1 is 1.21 bits per heavy atom. The highest BCUT2D eigenvalue weighted by Crippen LogP contribution is 2.20. The molecule has 1 saturated heterocycles. The zero-order valence-electron chi connectivity index (χ0n) is 15.8. The summed E-state index contributed by atoms with van der Waals surface area (Å²) < 4.78 is 1.71. The number of fused-ring (bicyclic) bond motifs is 1. The minimum Gasteiger partial charge on any atom is -0.345 e. The number of imidazole rings is 1. The smallest absolute Gasteiger partial charge is 0.290 e. The molecule has 28 heavy (non-hydrogen) atoms. The Hall–Kier alpha value is -3.22. The van der Waals surface area contributed by atoms with Gasteiger partial charge in [0.25, 0.3) is 11.8 Å². The van der Waals surface area contributed by atoms with Crippen LogP contribution in [0.15, 0.2) is 48.8 Å². The standard InChI is InChI=1S/C21H23N5O2/c1-15-7-6-11-25(14-15)21(28)19-24-18(17-9-3-5-12-26(17)19)20(27)23-13-16-8-2-4-10-22-16/h2-5,8-10,12,15H,6-7,11,13-14H2,1H3,(H,23,27). The summed E-state index contributed by atoms with van der Waals surface area (Å²) in [6.45, 7) is 3.91. The molecule has 1 aliphatic heterocycles. The van der Waals surface area contributed by atoms with Crippen LogP contribution in [0.25, 0.3) is 5.52 Å². The lowest BCUT2D eigenvalue weighted by molar-refractivity contribution is 0.0670. The van der Waals surface area contributed by atoms with E-state index in [4.69, 9.17) is 0 Å². The van der Waals surface area contributed by atoms with E-state index in [2.05, 4.69) is 22.2 Å². The van der Waals surface area contributed by atoms with Crippen molar-refractivity contribution in [1.82, 2.24) is 24.6 Å². The van der Waals surface area contributed by atoms with Crippen molar-refractivity contribution in [2.45, 2.75) is 26.3 Å². The number of aromatic nitrogens is 3. The van der Waals surface area contributed by atoms with Gasteiger partial charge in [0.05, 0.1) is 17.8 Å². The molecule has 2 amide bonds. The van der Waals surface area contributed by atoms with E-state index < -0.39 is 0 Å². The second-order valence-electron chi connectivity index (χ2n) is 7.24. The average molecular weight is 377 g/mol. The second kappa shape index (κ2) is 7.80. The number of likely N-dealkylation sites (tertiary alicyclic amines) is 1. The van der Waals surface area contributed by atoms with E-state index in [1.54, 1.807) is 22.9 Å². The summed E-state index contributed by atoms with van der Waals surface area (Å²) in [6, 6.07) is 11.0. The zero-order chi connectivity index (χ0) is 19.5. The number of nitrogens with zero attached hydrogens (tertiary/aromatic N) is 4. The predicted molar refractivity (Wildman–Crippen MR) is 105 cm³/mol. The number of rotatable bonds is 4. The maximum atomic E-state index is 13.1. The van der Waals surface area contributed by atoms with Crippen molar-refractivity contribution in [2.75, 3.05) is 13.1 Å². The molecule has 1 unspecified atom stereocenters. The lowest BCUT2D eigenvalue weighted by Gasteiger charge is -2.30. The van der Waals surface area contributed by atoms with E-state index >= 15 is 0 Å². The fourth-order valence-corrected chi connectivity index (χ4v) is 3.63. The Bertz CT molecular complexity index is 998. The Morgan fingerprint density at radius 3 is 2.86 bits per heavy atom. The van der Waals surface area contributed by atoms with Crippen molar-refractivity contribution in [3.8, 4) is 0 Å². The summed E-state index contributed by atoms with van der Waals surface area (Å²) in [7, 11) is 0. The molecule has 144 valence electrons. The van der Waals surface area contributed by atoms with E-state index in [9.17, 15) is 9.59 Å². The highest BCUT2D eigenvalue weighted by atomic mass is 16.2. The molecule has 0 aromatic carbocycles. The van der Waals surface area contributed by atoms with Gasteiger partial charge in [-0.2, -0.15) is 0 Å². The molecule has 0 aliphatic carbocycles. The molecule has 0 radical (unpaired) electrons. The molecule has 4 rings (SSSR count). The minimum absolute atomic E-state index is 0.128. The molecule has 0 saturated carbocycles. The van der Waals surface area contributed by atoms with Gasteiger partial charge in [-0.25, -0.2) is 4.98 Å². The average Bonchev–Trinajstić information content (AvgIpc) is 3.12. The summed E-state index contributed by atoms with van der Waals surface area (Å²) in [6.07, 6.45) is 5.59. The molecule has 3 aromatic heterocycles. The second-order valence-corrected chi connectivity index (χ2v) is 7.24. The van der Waals surface area contributed by atoms with E-state index in [1.165, 1.54) is 0 Å². The van der Waals surface area contributed by atoms with Gasteiger partial charge in [-0.05, 0) is 43.0 Å². The van der Waals surface area contributed by atoms with Crippen LogP contribution in [0.4, 0.5) is 0 Å². The quantitative estimate of drug-likeness (QED) is 0.758. The fraction of sp³-hybridized carbons (Fsp3) is 0.333. The SMILES string of the molecule is CC1CCCN(C(=O)c2nc(C(=O)NCc3ccccn3)c3ccccn23)C1. The maximum Gasteiger partial charge on any atom is 0.290 e. The molecule has 0 spiro atoms. The molecule has 1 N–H and O–H groups in total. The highest BCUT2D eigenvalue weighted by Gasteiger charge is 2.27. The number of nitrogens with one attached hydrogen (secondary N) is 1. The van der Waals surface area contributed by atoms with Crippen molar-refractivity contribution < 1.29 is 9.59 Å². The van der Waals surface area contributed by atoms with Crippen molar-refractivity contribution in [3.63, 3.8) is 0 Å². The fourth-order valence-electron chi connectivity index (χ4n) is 3.63. The van der Waals surface area contributed by atoms with Crippen LogP contribution < -0.4 is 5.32 Å². The van der Waals surface area contributed by atoms with Gasteiger partial charge in [-0.3, -0.25) is 19.0 Å². The van der Waals surface area contributed by atoms with Crippen LogP contribution in [0.3, 0.4) is 0 Å². The van der Waals surface area contributed by atoms with Gasteiger partial charge in [-0.15, -0.1) is 0 Å². The Balaban J connectivity index is 1.61. The molecule has 0 bridgehead atoms. The van der Waals surface area contributed by atoms with Crippen molar-refractivity contribution in [3.05, 3.63) is 66.0 Å². The van der Waals surface area contributed by atoms with Gasteiger partial charge in [-0.1, -0.05) is 19.1 Å². The summed E-state index contributed by atoms with van der Waals surface area (Å²) in [5, 5.41) is 2.84. The first-order valence-corrected chi connectivity index (χ1v) is 9.58. The summed E-state index contributed by atoms with van der Waals surface area (Å²) in [4.78, 5) is 36.3. The number of hydrogen-bond acceptors (Lipinski definition) is 4. The molecule has 1 atom stereocenters. The van der Waals surface area contributed by atoms with Crippen LogP contribution in [0.2, 0.25) is 0 Å². The summed E-state index contributed by atoms with van der Waals surface area (Å²) >= 11 is 0. The van der Waals surface area contributed by atoms with Crippen molar-refractivity contribution in [1.29, 1.82) is 0 Å². The molecule has 3 aromatic rings. The Morgan fingerprint density at radius 2 is 2.07 bits per heavy atom. The van der Waals surface area contributed by atoms with E-state index in [0.29, 0.717) is 18.0 Å². The molecule has 7 heteroatoms. The zero-order valence-corrected chi connectivity index (χ0v) is 15.8. The summed E-state index contributed by atoms with van der Waals surface area (Å²) in [5.74, 6) is 0.315. The lowest BCUT2D eigenvalue weighted by Crippen LogP contribution is -2.40. The van der Waals surface area contributed by atoms with Crippen LogP contribution in [0.5, 0.6) is 0 Å². The lowest BCUT2D eigenvalue weighted by atomic mass is 10.0. The number of carbonyl (C=O) groups excluding carboxylic acids is 2. The number of carbonyl (C=O) groups is 2. The molecule has 4 heterocycles. The van der Waals surface area contributed by atoms with Crippen LogP contribution in [-0.4, -0.2) is 44.2 Å². The van der Waals surface area contributed by atoms with Crippen molar-refractivity contribution >= 4 is 17.3 Å². The molecule has 1 aliphatic rings. The minimum atomic E-state index is -0.319. The van der Waals surface area contributed by atoms with Crippen LogP contribution >= 0.6 is 0 Å². The topological polar surface area (TPSA) is 79.6 Å². The Kier molecular flexibility index (Phi) is 5.06. The first kappa shape index (κ1) is 18.2. The Labute approximate surface area is 163 Å². The first-order chi connectivity index (χ1) is 13.6. The third-order valence-corrected chi connectivity index (χ3v) is 5.06. The molecule has 7 nitrogen and oxygen atoms in total. The van der Waals surface area contributed by atoms with Gasteiger partial charge in [0.15, 0.2) is 5.69 Å². The van der Waals surface area contributed by atoms with Gasteiger partial charge in [0.2, 0.25) is 5.82 Å². The largest absolute Gasteiger partial charge is 0.345 e.